The summed E-state index contributed by atoms with van der Waals surface area (Å²) in [6.45, 7) is 8.02. The van der Waals surface area contributed by atoms with Gasteiger partial charge in [-0.25, -0.2) is 0 Å². The number of carbonyl (C=O) groups excluding carboxylic acids is 1. The molecule has 1 N–H and O–H groups in total. The number of unbranched alkanes of at least 4 members (excludes halogenated alkanes) is 3. The summed E-state index contributed by atoms with van der Waals surface area (Å²) < 4.78 is 5.09. The van der Waals surface area contributed by atoms with Crippen LogP contribution in [0.1, 0.15) is 83.8 Å². The van der Waals surface area contributed by atoms with E-state index in [1.165, 1.54) is 11.1 Å². The van der Waals surface area contributed by atoms with Crippen molar-refractivity contribution >= 4 is 12.4 Å². The number of hydrogen-bond acceptors (Lipinski definition) is 3. The van der Waals surface area contributed by atoms with Gasteiger partial charge in [0.25, 0.3) is 6.47 Å². The average molecular weight is 377 g/mol. The van der Waals surface area contributed by atoms with Crippen molar-refractivity contribution in [3.05, 3.63) is 35.4 Å². The Kier molecular flexibility index (Phi) is 9.54. The molecule has 4 heteroatoms. The molecule has 1 aromatic rings. The van der Waals surface area contributed by atoms with Crippen LogP contribution in [-0.2, 0) is 27.2 Å². The van der Waals surface area contributed by atoms with E-state index in [-0.39, 0.29) is 5.60 Å². The molecule has 0 radical (unpaired) electrons. The van der Waals surface area contributed by atoms with E-state index in [2.05, 4.69) is 24.3 Å². The SMILES string of the molecule is CC(C)(CCCCc1cccc(CCCCCC(C)(C)C(=O)O)c1)OC=O. The summed E-state index contributed by atoms with van der Waals surface area (Å²) in [5.41, 5.74) is 1.72. The van der Waals surface area contributed by atoms with E-state index in [4.69, 9.17) is 9.84 Å². The number of carboxylic acid groups (broad SMARTS) is 1. The number of rotatable bonds is 14. The van der Waals surface area contributed by atoms with Gasteiger partial charge in [-0.1, -0.05) is 37.1 Å². The number of aliphatic carboxylic acids is 1. The van der Waals surface area contributed by atoms with Crippen molar-refractivity contribution in [2.24, 2.45) is 5.41 Å². The standard InChI is InChI=1S/C23H36O4/c1-22(2,21(25)26)15-8-5-6-11-19-13-10-14-20(17-19)12-7-9-16-23(3,4)27-18-24/h10,13-14,17-18H,5-9,11-12,15-16H2,1-4H3,(H,25,26). The molecule has 4 nitrogen and oxygen atoms in total. The Labute approximate surface area is 164 Å². The van der Waals surface area contributed by atoms with E-state index in [9.17, 15) is 9.59 Å². The van der Waals surface area contributed by atoms with Crippen LogP contribution in [0.5, 0.6) is 0 Å². The van der Waals surface area contributed by atoms with Gasteiger partial charge in [0.1, 0.15) is 5.60 Å². The Balaban J connectivity index is 2.29. The minimum Gasteiger partial charge on any atom is -0.481 e. The molecule has 0 aromatic heterocycles. The van der Waals surface area contributed by atoms with Gasteiger partial charge >= 0.3 is 5.97 Å². The Hall–Kier alpha value is -1.84. The molecule has 0 fully saturated rings. The highest BCUT2D eigenvalue weighted by Crippen LogP contribution is 2.24. The first-order valence-electron chi connectivity index (χ1n) is 10.1. The van der Waals surface area contributed by atoms with E-state index in [0.29, 0.717) is 6.47 Å². The third-order valence-electron chi connectivity index (χ3n) is 5.20. The van der Waals surface area contributed by atoms with Crippen LogP contribution in [0, 0.1) is 5.41 Å². The normalized spacial score (nSPS) is 12.0. The molecule has 0 aliphatic rings. The van der Waals surface area contributed by atoms with Gasteiger partial charge < -0.3 is 9.84 Å². The zero-order chi connectivity index (χ0) is 20.3. The van der Waals surface area contributed by atoms with Crippen LogP contribution in [-0.4, -0.2) is 23.1 Å². The van der Waals surface area contributed by atoms with Crippen LogP contribution in [0.25, 0.3) is 0 Å². The van der Waals surface area contributed by atoms with Gasteiger partial charge in [-0.2, -0.15) is 0 Å². The number of benzene rings is 1. The summed E-state index contributed by atoms with van der Waals surface area (Å²) in [6.07, 6.45) is 8.91. The minimum atomic E-state index is -0.712. The van der Waals surface area contributed by atoms with Gasteiger partial charge in [-0.15, -0.1) is 0 Å². The molecule has 27 heavy (non-hydrogen) atoms. The largest absolute Gasteiger partial charge is 0.481 e. The van der Waals surface area contributed by atoms with Crippen molar-refractivity contribution in [3.8, 4) is 0 Å². The maximum absolute atomic E-state index is 11.1. The predicted molar refractivity (Wildman–Crippen MR) is 109 cm³/mol. The topological polar surface area (TPSA) is 63.6 Å². The number of carboxylic acids is 1. The molecular weight excluding hydrogens is 340 g/mol. The smallest absolute Gasteiger partial charge is 0.309 e. The lowest BCUT2D eigenvalue weighted by Gasteiger charge is -2.22. The molecule has 0 unspecified atom stereocenters. The highest BCUT2D eigenvalue weighted by molar-refractivity contribution is 5.73. The monoisotopic (exact) mass is 376 g/mol. The summed E-state index contributed by atoms with van der Waals surface area (Å²) in [5.74, 6) is -0.712. The summed E-state index contributed by atoms with van der Waals surface area (Å²) in [6, 6.07) is 8.75. The minimum absolute atomic E-state index is 0.376. The highest BCUT2D eigenvalue weighted by atomic mass is 16.5. The molecule has 0 aliphatic carbocycles. The van der Waals surface area contributed by atoms with Crippen molar-refractivity contribution in [2.45, 2.75) is 91.1 Å². The molecule has 0 atom stereocenters. The number of ether oxygens (including phenoxy) is 1. The molecule has 0 amide bonds. The van der Waals surface area contributed by atoms with E-state index in [1.807, 2.05) is 13.8 Å². The van der Waals surface area contributed by atoms with Gasteiger partial charge in [0.2, 0.25) is 0 Å². The molecule has 0 aliphatic heterocycles. The molecular formula is C23H36O4. The van der Waals surface area contributed by atoms with Crippen molar-refractivity contribution in [1.82, 2.24) is 0 Å². The van der Waals surface area contributed by atoms with E-state index in [1.54, 1.807) is 13.8 Å². The second-order valence-corrected chi connectivity index (χ2v) is 8.75. The van der Waals surface area contributed by atoms with Crippen molar-refractivity contribution in [1.29, 1.82) is 0 Å². The molecule has 1 rings (SSSR count). The molecule has 0 saturated heterocycles. The van der Waals surface area contributed by atoms with Gasteiger partial charge in [0.05, 0.1) is 5.41 Å². The molecule has 0 saturated carbocycles. The lowest BCUT2D eigenvalue weighted by Crippen LogP contribution is -2.23. The van der Waals surface area contributed by atoms with Crippen LogP contribution < -0.4 is 0 Å². The van der Waals surface area contributed by atoms with E-state index in [0.717, 1.165) is 57.8 Å². The molecule has 0 spiro atoms. The van der Waals surface area contributed by atoms with Crippen LogP contribution in [0.4, 0.5) is 0 Å². The van der Waals surface area contributed by atoms with E-state index < -0.39 is 11.4 Å². The first-order chi connectivity index (χ1) is 12.7. The van der Waals surface area contributed by atoms with Gasteiger partial charge in [0.15, 0.2) is 0 Å². The van der Waals surface area contributed by atoms with Crippen LogP contribution in [0.3, 0.4) is 0 Å². The fourth-order valence-corrected chi connectivity index (χ4v) is 3.19. The number of aryl methyl sites for hydroxylation is 2. The predicted octanol–water partition coefficient (Wildman–Crippen LogP) is 5.56. The second-order valence-electron chi connectivity index (χ2n) is 8.75. The molecule has 1 aromatic carbocycles. The van der Waals surface area contributed by atoms with Crippen molar-refractivity contribution in [2.75, 3.05) is 0 Å². The van der Waals surface area contributed by atoms with E-state index >= 15 is 0 Å². The third kappa shape index (κ3) is 9.60. The lowest BCUT2D eigenvalue weighted by atomic mass is 9.87. The maximum Gasteiger partial charge on any atom is 0.309 e. The lowest BCUT2D eigenvalue weighted by molar-refractivity contribution is -0.147. The summed E-state index contributed by atoms with van der Waals surface area (Å²) in [5, 5.41) is 9.14. The Morgan fingerprint density at radius 2 is 1.52 bits per heavy atom. The third-order valence-corrected chi connectivity index (χ3v) is 5.20. The molecule has 0 bridgehead atoms. The fourth-order valence-electron chi connectivity index (χ4n) is 3.19. The molecule has 152 valence electrons. The Morgan fingerprint density at radius 1 is 0.963 bits per heavy atom. The van der Waals surface area contributed by atoms with Crippen molar-refractivity contribution in [3.63, 3.8) is 0 Å². The zero-order valence-electron chi connectivity index (χ0n) is 17.4. The Bertz CT molecular complexity index is 590. The van der Waals surface area contributed by atoms with Crippen molar-refractivity contribution < 1.29 is 19.4 Å². The van der Waals surface area contributed by atoms with Crippen LogP contribution in [0.2, 0.25) is 0 Å². The number of hydrogen-bond donors (Lipinski definition) is 1. The van der Waals surface area contributed by atoms with Gasteiger partial charge in [0, 0.05) is 0 Å². The fraction of sp³-hybridized carbons (Fsp3) is 0.652. The maximum atomic E-state index is 11.1. The van der Waals surface area contributed by atoms with Gasteiger partial charge in [-0.3, -0.25) is 9.59 Å². The quantitative estimate of drug-likeness (QED) is 0.341. The summed E-state index contributed by atoms with van der Waals surface area (Å²) in [7, 11) is 0. The second kappa shape index (κ2) is 11.1. The summed E-state index contributed by atoms with van der Waals surface area (Å²) in [4.78, 5) is 21.6. The highest BCUT2D eigenvalue weighted by Gasteiger charge is 2.25. The first-order valence-corrected chi connectivity index (χ1v) is 10.1. The van der Waals surface area contributed by atoms with Crippen LogP contribution >= 0.6 is 0 Å². The average Bonchev–Trinajstić information content (AvgIpc) is 2.58. The Morgan fingerprint density at radius 3 is 2.07 bits per heavy atom. The first kappa shape index (κ1) is 23.2. The number of carbonyl (C=O) groups is 2. The zero-order valence-corrected chi connectivity index (χ0v) is 17.4. The summed E-state index contributed by atoms with van der Waals surface area (Å²) >= 11 is 0. The van der Waals surface area contributed by atoms with Crippen LogP contribution in [0.15, 0.2) is 24.3 Å². The van der Waals surface area contributed by atoms with Gasteiger partial charge in [-0.05, 0) is 83.8 Å². The molecule has 0 heterocycles.